The molecule has 2 heterocycles. The molecule has 0 saturated carbocycles. The van der Waals surface area contributed by atoms with Crippen molar-refractivity contribution in [3.63, 3.8) is 0 Å². The molecule has 0 aliphatic carbocycles. The highest BCUT2D eigenvalue weighted by molar-refractivity contribution is 6.31. The third-order valence-electron chi connectivity index (χ3n) is 4.19. The normalized spacial score (nSPS) is 13.5. The summed E-state index contributed by atoms with van der Waals surface area (Å²) in [5, 5.41) is 4.44. The van der Waals surface area contributed by atoms with Crippen molar-refractivity contribution in [2.75, 3.05) is 13.1 Å². The minimum Gasteiger partial charge on any atom is -0.316 e. The molecule has 1 aliphatic rings. The monoisotopic (exact) mass is 330 g/mol. The molecule has 0 amide bonds. The Morgan fingerprint density at radius 3 is 2.48 bits per heavy atom. The number of unbranched alkanes of at least 4 members (excludes halogenated alkanes) is 2. The van der Waals surface area contributed by atoms with Gasteiger partial charge in [-0.15, -0.1) is 0 Å². The smallest absolute Gasteiger partial charge is 0.0440 e. The zero-order chi connectivity index (χ0) is 16.3. The predicted octanol–water partition coefficient (Wildman–Crippen LogP) is 4.84. The van der Waals surface area contributed by atoms with E-state index in [4.69, 9.17) is 11.6 Å². The number of nitrogens with one attached hydrogen (secondary N) is 1. The number of rotatable bonds is 4. The van der Waals surface area contributed by atoms with Gasteiger partial charge in [0.1, 0.15) is 0 Å². The zero-order valence-corrected chi connectivity index (χ0v) is 14.8. The van der Waals surface area contributed by atoms with E-state index in [1.807, 2.05) is 18.2 Å². The van der Waals surface area contributed by atoms with Gasteiger partial charge >= 0.3 is 0 Å². The van der Waals surface area contributed by atoms with Gasteiger partial charge in [0.25, 0.3) is 0 Å². The fourth-order valence-corrected chi connectivity index (χ4v) is 3.23. The number of pyridine rings is 1. The van der Waals surface area contributed by atoms with Crippen LogP contribution in [0.3, 0.4) is 0 Å². The van der Waals surface area contributed by atoms with E-state index in [0.29, 0.717) is 0 Å². The number of halogens is 1. The molecular weight excluding hydrogens is 304 g/mol. The topological polar surface area (TPSA) is 24.9 Å². The maximum Gasteiger partial charge on any atom is 0.0440 e. The highest BCUT2D eigenvalue weighted by Crippen LogP contribution is 2.27. The van der Waals surface area contributed by atoms with Gasteiger partial charge in [-0.25, -0.2) is 0 Å². The van der Waals surface area contributed by atoms with E-state index in [1.165, 1.54) is 36.0 Å². The first-order chi connectivity index (χ1) is 11.3. The Morgan fingerprint density at radius 2 is 1.83 bits per heavy atom. The molecule has 3 heteroatoms. The summed E-state index contributed by atoms with van der Waals surface area (Å²) in [4.78, 5) is 3.78. The van der Waals surface area contributed by atoms with E-state index >= 15 is 0 Å². The molecule has 0 spiro atoms. The minimum atomic E-state index is 0.974. The summed E-state index contributed by atoms with van der Waals surface area (Å²) in [7, 11) is 0. The second kappa shape index (κ2) is 10.4. The summed E-state index contributed by atoms with van der Waals surface area (Å²) in [6.45, 7) is 4.44. The van der Waals surface area contributed by atoms with Crippen molar-refractivity contribution in [3.8, 4) is 0 Å². The maximum atomic E-state index is 6.37. The van der Waals surface area contributed by atoms with E-state index in [-0.39, 0.29) is 0 Å². The fourth-order valence-electron chi connectivity index (χ4n) is 2.95. The Hall–Kier alpha value is -1.38. The van der Waals surface area contributed by atoms with E-state index in [9.17, 15) is 0 Å². The summed E-state index contributed by atoms with van der Waals surface area (Å²) in [6, 6.07) is 10.0. The van der Waals surface area contributed by atoms with Crippen LogP contribution in [0.5, 0.6) is 0 Å². The van der Waals surface area contributed by atoms with Gasteiger partial charge in [-0.3, -0.25) is 4.98 Å². The molecule has 0 fully saturated rings. The Morgan fingerprint density at radius 1 is 1.04 bits per heavy atom. The van der Waals surface area contributed by atoms with Gasteiger partial charge in [0.15, 0.2) is 0 Å². The van der Waals surface area contributed by atoms with E-state index in [2.05, 4.69) is 29.4 Å². The first kappa shape index (κ1) is 18.0. The lowest BCUT2D eigenvalue weighted by Crippen LogP contribution is -2.16. The summed E-state index contributed by atoms with van der Waals surface area (Å²) >= 11 is 6.37. The maximum absolute atomic E-state index is 6.37. The molecule has 3 rings (SSSR count). The van der Waals surface area contributed by atoms with Crippen molar-refractivity contribution < 1.29 is 0 Å². The molecule has 1 N–H and O–H groups in total. The molecule has 23 heavy (non-hydrogen) atoms. The van der Waals surface area contributed by atoms with Crippen LogP contribution in [0, 0.1) is 0 Å². The predicted molar refractivity (Wildman–Crippen MR) is 99.2 cm³/mol. The first-order valence-corrected chi connectivity index (χ1v) is 9.05. The molecule has 1 aromatic heterocycles. The number of aromatic nitrogens is 1. The van der Waals surface area contributed by atoms with Crippen LogP contribution in [0.4, 0.5) is 0 Å². The Kier molecular flexibility index (Phi) is 8.13. The lowest BCUT2D eigenvalue weighted by atomic mass is 9.94. The summed E-state index contributed by atoms with van der Waals surface area (Å²) < 4.78 is 0. The molecule has 0 atom stereocenters. The molecule has 1 aliphatic heterocycles. The quantitative estimate of drug-likeness (QED) is 0.811. The molecule has 2 aromatic rings. The lowest BCUT2D eigenvalue weighted by Gasteiger charge is -2.14. The fraction of sp³-hybridized carbons (Fsp3) is 0.450. The van der Waals surface area contributed by atoms with Gasteiger partial charge in [0.2, 0.25) is 0 Å². The third kappa shape index (κ3) is 5.96. The Balaban J connectivity index is 0.000000268. The molecular formula is C20H27ClN2. The van der Waals surface area contributed by atoms with Crippen molar-refractivity contribution in [2.45, 2.75) is 45.4 Å². The molecule has 2 nitrogen and oxygen atoms in total. The lowest BCUT2D eigenvalue weighted by molar-refractivity contribution is 0.701. The average molecular weight is 331 g/mol. The SMILES string of the molecule is CCCCCc1c(Cl)ccc2c1CCNCC2.c1ccncc1. The van der Waals surface area contributed by atoms with Crippen LogP contribution in [0.1, 0.15) is 42.9 Å². The Labute approximate surface area is 145 Å². The van der Waals surface area contributed by atoms with Crippen molar-refractivity contribution in [2.24, 2.45) is 0 Å². The summed E-state index contributed by atoms with van der Waals surface area (Å²) in [6.07, 6.45) is 10.8. The second-order valence-electron chi connectivity index (χ2n) is 5.90. The molecule has 0 radical (unpaired) electrons. The van der Waals surface area contributed by atoms with Gasteiger partial charge < -0.3 is 5.32 Å². The summed E-state index contributed by atoms with van der Waals surface area (Å²) in [5.41, 5.74) is 4.45. The standard InChI is InChI=1S/C15H22ClN.C5H5N/c1-2-3-4-5-14-13-9-11-17-10-8-12(13)6-7-15(14)16;1-2-4-6-5-3-1/h6-7,17H,2-5,8-11H2,1H3;1-5H. The number of nitrogens with zero attached hydrogens (tertiary/aromatic N) is 1. The first-order valence-electron chi connectivity index (χ1n) is 8.67. The van der Waals surface area contributed by atoms with Gasteiger partial charge in [0.05, 0.1) is 0 Å². The molecule has 0 bridgehead atoms. The number of hydrogen-bond donors (Lipinski definition) is 1. The van der Waals surface area contributed by atoms with E-state index < -0.39 is 0 Å². The van der Waals surface area contributed by atoms with Gasteiger partial charge in [-0.05, 0) is 73.7 Å². The minimum absolute atomic E-state index is 0.974. The second-order valence-corrected chi connectivity index (χ2v) is 6.30. The van der Waals surface area contributed by atoms with Crippen LogP contribution in [0.25, 0.3) is 0 Å². The van der Waals surface area contributed by atoms with Gasteiger partial charge in [0, 0.05) is 17.4 Å². The van der Waals surface area contributed by atoms with Crippen LogP contribution in [-0.2, 0) is 19.3 Å². The highest BCUT2D eigenvalue weighted by Gasteiger charge is 2.14. The molecule has 0 saturated heterocycles. The van der Waals surface area contributed by atoms with Crippen LogP contribution in [0.2, 0.25) is 5.02 Å². The number of benzene rings is 1. The molecule has 1 aromatic carbocycles. The van der Waals surface area contributed by atoms with Crippen molar-refractivity contribution in [1.29, 1.82) is 0 Å². The van der Waals surface area contributed by atoms with Gasteiger partial charge in [-0.2, -0.15) is 0 Å². The van der Waals surface area contributed by atoms with Gasteiger partial charge in [-0.1, -0.05) is 43.5 Å². The largest absolute Gasteiger partial charge is 0.316 e. The van der Waals surface area contributed by atoms with Crippen LogP contribution < -0.4 is 5.32 Å². The Bertz CT molecular complexity index is 543. The van der Waals surface area contributed by atoms with Crippen LogP contribution in [-0.4, -0.2) is 18.1 Å². The van der Waals surface area contributed by atoms with E-state index in [0.717, 1.165) is 37.4 Å². The van der Waals surface area contributed by atoms with Crippen molar-refractivity contribution in [3.05, 3.63) is 64.4 Å². The average Bonchev–Trinajstić information content (AvgIpc) is 2.85. The zero-order valence-electron chi connectivity index (χ0n) is 14.0. The molecule has 0 unspecified atom stereocenters. The number of fused-ring (bicyclic) bond motifs is 1. The molecule has 124 valence electrons. The third-order valence-corrected chi connectivity index (χ3v) is 4.54. The van der Waals surface area contributed by atoms with Crippen LogP contribution in [0.15, 0.2) is 42.7 Å². The van der Waals surface area contributed by atoms with Crippen molar-refractivity contribution >= 4 is 11.6 Å². The van der Waals surface area contributed by atoms with Crippen molar-refractivity contribution in [1.82, 2.24) is 10.3 Å². The highest BCUT2D eigenvalue weighted by atomic mass is 35.5. The van der Waals surface area contributed by atoms with Crippen LogP contribution >= 0.6 is 11.6 Å². The number of hydrogen-bond acceptors (Lipinski definition) is 2. The summed E-state index contributed by atoms with van der Waals surface area (Å²) in [5.74, 6) is 0. The van der Waals surface area contributed by atoms with E-state index in [1.54, 1.807) is 12.4 Å².